The zero-order valence-electron chi connectivity index (χ0n) is 10.7. The number of rotatable bonds is 4. The fourth-order valence-corrected chi connectivity index (χ4v) is 2.52. The lowest BCUT2D eigenvalue weighted by Crippen LogP contribution is -2.14. The molecule has 0 spiro atoms. The maximum atomic E-state index is 13.0. The summed E-state index contributed by atoms with van der Waals surface area (Å²) in [6.45, 7) is 2.04. The van der Waals surface area contributed by atoms with Gasteiger partial charge in [-0.05, 0) is 43.0 Å². The molecule has 0 heterocycles. The predicted molar refractivity (Wildman–Crippen MR) is 78.7 cm³/mol. The molecule has 1 atom stereocenters. The summed E-state index contributed by atoms with van der Waals surface area (Å²) in [5.41, 5.74) is 3.23. The van der Waals surface area contributed by atoms with Gasteiger partial charge in [-0.3, -0.25) is 0 Å². The van der Waals surface area contributed by atoms with Gasteiger partial charge in [0, 0.05) is 4.47 Å². The average Bonchev–Trinajstić information content (AvgIpc) is 2.36. The maximum absolute atomic E-state index is 13.0. The van der Waals surface area contributed by atoms with Gasteiger partial charge in [-0.1, -0.05) is 51.8 Å². The lowest BCUT2D eigenvalue weighted by molar-refractivity contribution is 0.175. The van der Waals surface area contributed by atoms with Crippen molar-refractivity contribution in [3.05, 3.63) is 69.4 Å². The Morgan fingerprint density at radius 2 is 1.79 bits per heavy atom. The molecule has 2 rings (SSSR count). The van der Waals surface area contributed by atoms with Gasteiger partial charge in [0.15, 0.2) is 0 Å². The summed E-state index contributed by atoms with van der Waals surface area (Å²) in [6.07, 6.45) is 0.642. The third-order valence-corrected chi connectivity index (χ3v) is 3.80. The first kappa shape index (κ1) is 14.2. The van der Waals surface area contributed by atoms with Gasteiger partial charge in [-0.2, -0.15) is 0 Å². The second-order valence-corrected chi connectivity index (χ2v) is 5.64. The fourth-order valence-electron chi connectivity index (χ4n) is 2.01. The Labute approximate surface area is 121 Å². The number of benzene rings is 2. The second-order valence-electron chi connectivity index (χ2n) is 4.78. The Bertz CT molecular complexity index is 551. The van der Waals surface area contributed by atoms with Crippen molar-refractivity contribution < 1.29 is 9.50 Å². The summed E-state index contributed by atoms with van der Waals surface area (Å²) in [7, 11) is 0. The first-order chi connectivity index (χ1) is 9.04. The van der Waals surface area contributed by atoms with Crippen molar-refractivity contribution in [3.63, 3.8) is 0 Å². The van der Waals surface area contributed by atoms with Gasteiger partial charge < -0.3 is 5.11 Å². The van der Waals surface area contributed by atoms with Crippen LogP contribution in [0.15, 0.2) is 46.9 Å². The normalized spacial score (nSPS) is 12.4. The molecule has 0 radical (unpaired) electrons. The van der Waals surface area contributed by atoms with Crippen molar-refractivity contribution in [3.8, 4) is 0 Å². The van der Waals surface area contributed by atoms with Crippen LogP contribution in [0, 0.1) is 12.7 Å². The largest absolute Gasteiger partial charge is 0.392 e. The lowest BCUT2D eigenvalue weighted by atomic mass is 10.0. The van der Waals surface area contributed by atoms with E-state index in [1.54, 1.807) is 6.07 Å². The highest BCUT2D eigenvalue weighted by atomic mass is 79.9. The van der Waals surface area contributed by atoms with Crippen molar-refractivity contribution in [1.82, 2.24) is 0 Å². The third-order valence-electron chi connectivity index (χ3n) is 3.06. The van der Waals surface area contributed by atoms with E-state index in [0.717, 1.165) is 11.1 Å². The molecule has 2 aromatic carbocycles. The molecule has 3 heteroatoms. The van der Waals surface area contributed by atoms with E-state index < -0.39 is 6.10 Å². The van der Waals surface area contributed by atoms with E-state index >= 15 is 0 Å². The van der Waals surface area contributed by atoms with Crippen LogP contribution >= 0.6 is 15.9 Å². The van der Waals surface area contributed by atoms with Crippen LogP contribution in [-0.2, 0) is 12.8 Å². The molecule has 0 aliphatic rings. The van der Waals surface area contributed by atoms with Gasteiger partial charge >= 0.3 is 0 Å². The summed E-state index contributed by atoms with van der Waals surface area (Å²) in [6, 6.07) is 12.7. The molecule has 0 aromatic heterocycles. The van der Waals surface area contributed by atoms with E-state index in [2.05, 4.69) is 15.9 Å². The Hall–Kier alpha value is -1.19. The molecule has 0 fully saturated rings. The molecule has 0 bridgehead atoms. The number of halogens is 2. The van der Waals surface area contributed by atoms with E-state index in [0.29, 0.717) is 17.3 Å². The SMILES string of the molecule is Cc1ccc(CC(O)Cc2ccc(F)cc2Br)cc1. The molecule has 2 aromatic rings. The van der Waals surface area contributed by atoms with E-state index in [-0.39, 0.29) is 5.82 Å². The van der Waals surface area contributed by atoms with Crippen LogP contribution in [0.4, 0.5) is 4.39 Å². The van der Waals surface area contributed by atoms with E-state index in [1.807, 2.05) is 31.2 Å². The molecule has 1 unspecified atom stereocenters. The lowest BCUT2D eigenvalue weighted by Gasteiger charge is -2.12. The molecular formula is C16H16BrFO. The number of hydrogen-bond donors (Lipinski definition) is 1. The maximum Gasteiger partial charge on any atom is 0.124 e. The highest BCUT2D eigenvalue weighted by molar-refractivity contribution is 9.10. The molecule has 1 nitrogen and oxygen atoms in total. The van der Waals surface area contributed by atoms with Gasteiger partial charge in [0.05, 0.1) is 6.10 Å². The number of aliphatic hydroxyl groups excluding tert-OH is 1. The minimum absolute atomic E-state index is 0.274. The van der Waals surface area contributed by atoms with Gasteiger partial charge in [-0.15, -0.1) is 0 Å². The monoisotopic (exact) mass is 322 g/mol. The number of aliphatic hydroxyl groups is 1. The molecule has 0 amide bonds. The molecule has 0 aliphatic carbocycles. The minimum Gasteiger partial charge on any atom is -0.392 e. The Morgan fingerprint density at radius 3 is 2.42 bits per heavy atom. The van der Waals surface area contributed by atoms with Crippen molar-refractivity contribution >= 4 is 15.9 Å². The predicted octanol–water partition coefficient (Wildman–Crippen LogP) is 4.04. The van der Waals surface area contributed by atoms with Crippen molar-refractivity contribution in [2.45, 2.75) is 25.9 Å². The fraction of sp³-hybridized carbons (Fsp3) is 0.250. The summed E-state index contributed by atoms with van der Waals surface area (Å²) in [5, 5.41) is 10.1. The summed E-state index contributed by atoms with van der Waals surface area (Å²) in [4.78, 5) is 0. The van der Waals surface area contributed by atoms with Gasteiger partial charge in [0.25, 0.3) is 0 Å². The summed E-state index contributed by atoms with van der Waals surface area (Å²) < 4.78 is 13.7. The summed E-state index contributed by atoms with van der Waals surface area (Å²) in [5.74, 6) is -0.274. The molecule has 19 heavy (non-hydrogen) atoms. The van der Waals surface area contributed by atoms with Crippen LogP contribution in [0.25, 0.3) is 0 Å². The molecular weight excluding hydrogens is 307 g/mol. The van der Waals surface area contributed by atoms with E-state index in [4.69, 9.17) is 0 Å². The molecule has 1 N–H and O–H groups in total. The van der Waals surface area contributed by atoms with Crippen LogP contribution in [-0.4, -0.2) is 11.2 Å². The highest BCUT2D eigenvalue weighted by Crippen LogP contribution is 2.20. The zero-order valence-corrected chi connectivity index (χ0v) is 12.3. The third kappa shape index (κ3) is 4.15. The molecule has 0 saturated heterocycles. The summed E-state index contributed by atoms with van der Waals surface area (Å²) >= 11 is 3.32. The standard InChI is InChI=1S/C16H16BrFO/c1-11-2-4-12(5-3-11)8-15(19)9-13-6-7-14(18)10-16(13)17/h2-7,10,15,19H,8-9H2,1H3. The van der Waals surface area contributed by atoms with Gasteiger partial charge in [0.1, 0.15) is 5.82 Å². The van der Waals surface area contributed by atoms with Crippen LogP contribution in [0.3, 0.4) is 0 Å². The van der Waals surface area contributed by atoms with Crippen LogP contribution < -0.4 is 0 Å². The van der Waals surface area contributed by atoms with Crippen LogP contribution in [0.5, 0.6) is 0 Å². The average molecular weight is 323 g/mol. The molecule has 0 aliphatic heterocycles. The Balaban J connectivity index is 2.01. The van der Waals surface area contributed by atoms with Crippen molar-refractivity contribution in [2.75, 3.05) is 0 Å². The quantitative estimate of drug-likeness (QED) is 0.900. The smallest absolute Gasteiger partial charge is 0.124 e. The Kier molecular flexibility index (Phi) is 4.72. The van der Waals surface area contributed by atoms with Crippen LogP contribution in [0.1, 0.15) is 16.7 Å². The first-order valence-electron chi connectivity index (χ1n) is 6.22. The number of hydrogen-bond acceptors (Lipinski definition) is 1. The highest BCUT2D eigenvalue weighted by Gasteiger charge is 2.10. The van der Waals surface area contributed by atoms with Crippen molar-refractivity contribution in [1.29, 1.82) is 0 Å². The van der Waals surface area contributed by atoms with Gasteiger partial charge in [0.2, 0.25) is 0 Å². The Morgan fingerprint density at radius 1 is 1.11 bits per heavy atom. The van der Waals surface area contributed by atoms with Crippen LogP contribution in [0.2, 0.25) is 0 Å². The first-order valence-corrected chi connectivity index (χ1v) is 7.01. The second kappa shape index (κ2) is 6.31. The van der Waals surface area contributed by atoms with Crippen molar-refractivity contribution in [2.24, 2.45) is 0 Å². The molecule has 0 saturated carbocycles. The minimum atomic E-state index is -0.468. The number of aryl methyl sites for hydroxylation is 1. The van der Waals surface area contributed by atoms with Gasteiger partial charge in [-0.25, -0.2) is 4.39 Å². The zero-order chi connectivity index (χ0) is 13.8. The van der Waals surface area contributed by atoms with E-state index in [9.17, 15) is 9.50 Å². The topological polar surface area (TPSA) is 20.2 Å². The van der Waals surface area contributed by atoms with E-state index in [1.165, 1.54) is 17.7 Å². The molecule has 100 valence electrons.